The number of hydrogen-bond acceptors (Lipinski definition) is 2. The number of aliphatic hydroxyl groups excluding tert-OH is 1. The summed E-state index contributed by atoms with van der Waals surface area (Å²) in [6, 6.07) is 1.89. The lowest BCUT2D eigenvalue weighted by Crippen LogP contribution is -1.70. The van der Waals surface area contributed by atoms with Crippen molar-refractivity contribution in [3.8, 4) is 29.8 Å². The molecule has 2 nitrogen and oxygen atoms in total. The molecule has 2 heteroatoms. The smallest absolute Gasteiger partial charge is 0.104 e. The molecule has 0 aliphatic carbocycles. The first kappa shape index (κ1) is 8.57. The number of hydrogen-bond donors (Lipinski definition) is 1. The monoisotopic (exact) mass is 133 g/mol. The zero-order valence-electron chi connectivity index (χ0n) is 5.52. The normalized spacial score (nSPS) is 6.00. The van der Waals surface area contributed by atoms with E-state index in [1.165, 1.54) is 0 Å². The lowest BCUT2D eigenvalue weighted by atomic mass is 10.4. The Bertz CT molecular complexity index is 228. The quantitative estimate of drug-likeness (QED) is 0.483. The summed E-state index contributed by atoms with van der Waals surface area (Å²) in [4.78, 5) is 0. The van der Waals surface area contributed by atoms with E-state index in [0.29, 0.717) is 6.42 Å². The second-order valence-electron chi connectivity index (χ2n) is 1.38. The van der Waals surface area contributed by atoms with Gasteiger partial charge in [0.05, 0.1) is 18.9 Å². The average Bonchev–Trinajstić information content (AvgIpc) is 1.97. The van der Waals surface area contributed by atoms with Gasteiger partial charge < -0.3 is 5.11 Å². The number of nitrogens with zero attached hydrogens (tertiary/aromatic N) is 1. The third kappa shape index (κ3) is 6.57. The van der Waals surface area contributed by atoms with Gasteiger partial charge >= 0.3 is 0 Å². The Labute approximate surface area is 60.5 Å². The van der Waals surface area contributed by atoms with Crippen LogP contribution in [0.3, 0.4) is 0 Å². The van der Waals surface area contributed by atoms with E-state index in [1.54, 1.807) is 0 Å². The molecule has 0 saturated carbocycles. The van der Waals surface area contributed by atoms with Crippen LogP contribution in [0.5, 0.6) is 0 Å². The number of aliphatic hydroxyl groups is 1. The van der Waals surface area contributed by atoms with Gasteiger partial charge in [0.25, 0.3) is 0 Å². The molecule has 0 heterocycles. The molecule has 0 aromatic rings. The summed E-state index contributed by atoms with van der Waals surface area (Å²) in [7, 11) is 0. The van der Waals surface area contributed by atoms with Crippen LogP contribution in [0.25, 0.3) is 0 Å². The average molecular weight is 133 g/mol. The van der Waals surface area contributed by atoms with Crippen LogP contribution in [0.2, 0.25) is 0 Å². The van der Waals surface area contributed by atoms with Gasteiger partial charge in [-0.3, -0.25) is 0 Å². The minimum absolute atomic E-state index is 0.125. The van der Waals surface area contributed by atoms with Crippen LogP contribution in [0, 0.1) is 35.0 Å². The van der Waals surface area contributed by atoms with E-state index >= 15 is 0 Å². The van der Waals surface area contributed by atoms with E-state index in [-0.39, 0.29) is 13.0 Å². The molecule has 0 spiro atoms. The van der Waals surface area contributed by atoms with Gasteiger partial charge in [0.15, 0.2) is 0 Å². The van der Waals surface area contributed by atoms with E-state index in [1.807, 2.05) is 6.07 Å². The van der Waals surface area contributed by atoms with Crippen LogP contribution in [0.4, 0.5) is 0 Å². The minimum atomic E-state index is -0.125. The molecule has 0 fully saturated rings. The van der Waals surface area contributed by atoms with Crippen molar-refractivity contribution in [2.24, 2.45) is 0 Å². The third-order valence-corrected chi connectivity index (χ3v) is 0.673. The van der Waals surface area contributed by atoms with Crippen LogP contribution in [0.1, 0.15) is 12.8 Å². The van der Waals surface area contributed by atoms with Crippen LogP contribution >= 0.6 is 0 Å². The zero-order valence-corrected chi connectivity index (χ0v) is 5.52. The standard InChI is InChI=1S/C8H7NO/c9-7-5-3-1-2-4-6-8-10/h10H,2,5,8H2. The lowest BCUT2D eigenvalue weighted by Gasteiger charge is -1.70. The fraction of sp³-hybridized carbons (Fsp3) is 0.375. The topological polar surface area (TPSA) is 44.0 Å². The first-order valence-corrected chi connectivity index (χ1v) is 2.81. The van der Waals surface area contributed by atoms with Gasteiger partial charge in [0.1, 0.15) is 6.61 Å². The Morgan fingerprint density at radius 1 is 1.00 bits per heavy atom. The summed E-state index contributed by atoms with van der Waals surface area (Å²) in [5.41, 5.74) is 0. The lowest BCUT2D eigenvalue weighted by molar-refractivity contribution is 0.350. The van der Waals surface area contributed by atoms with Crippen LogP contribution < -0.4 is 0 Å². The van der Waals surface area contributed by atoms with Gasteiger partial charge in [-0.25, -0.2) is 0 Å². The van der Waals surface area contributed by atoms with Crippen LogP contribution in [-0.2, 0) is 0 Å². The van der Waals surface area contributed by atoms with E-state index in [4.69, 9.17) is 10.4 Å². The molecule has 0 atom stereocenters. The summed E-state index contributed by atoms with van der Waals surface area (Å²) in [5.74, 6) is 10.3. The van der Waals surface area contributed by atoms with Gasteiger partial charge in [-0.05, 0) is 0 Å². The summed E-state index contributed by atoms with van der Waals surface area (Å²) < 4.78 is 0. The SMILES string of the molecule is N#CCC#CCC#CCO. The number of nitriles is 1. The predicted octanol–water partition coefficient (Wildman–Crippen LogP) is 0.289. The summed E-state index contributed by atoms with van der Waals surface area (Å²) >= 11 is 0. The second kappa shape index (κ2) is 7.57. The molecule has 1 N–H and O–H groups in total. The van der Waals surface area contributed by atoms with Crippen molar-refractivity contribution in [2.45, 2.75) is 12.8 Å². The first-order chi connectivity index (χ1) is 4.91. The van der Waals surface area contributed by atoms with E-state index in [9.17, 15) is 0 Å². The molecule has 0 aromatic carbocycles. The molecule has 0 aromatic heterocycles. The van der Waals surface area contributed by atoms with Crippen molar-refractivity contribution in [3.05, 3.63) is 0 Å². The molecule has 50 valence electrons. The maximum Gasteiger partial charge on any atom is 0.104 e. The second-order valence-corrected chi connectivity index (χ2v) is 1.38. The molecule has 0 radical (unpaired) electrons. The van der Waals surface area contributed by atoms with E-state index in [0.717, 1.165) is 0 Å². The van der Waals surface area contributed by atoms with E-state index in [2.05, 4.69) is 23.7 Å². The molecule has 10 heavy (non-hydrogen) atoms. The van der Waals surface area contributed by atoms with Crippen molar-refractivity contribution in [2.75, 3.05) is 6.61 Å². The highest BCUT2D eigenvalue weighted by Gasteiger charge is 1.67. The maximum absolute atomic E-state index is 8.19. The van der Waals surface area contributed by atoms with Crippen molar-refractivity contribution in [1.82, 2.24) is 0 Å². The minimum Gasteiger partial charge on any atom is -0.384 e. The molecule has 0 aliphatic heterocycles. The fourth-order valence-electron chi connectivity index (χ4n) is 0.327. The zero-order chi connectivity index (χ0) is 7.66. The highest BCUT2D eigenvalue weighted by Crippen LogP contribution is 1.72. The van der Waals surface area contributed by atoms with Gasteiger partial charge in [-0.1, -0.05) is 23.7 Å². The van der Waals surface area contributed by atoms with Gasteiger partial charge in [0.2, 0.25) is 0 Å². The van der Waals surface area contributed by atoms with Crippen molar-refractivity contribution in [1.29, 1.82) is 5.26 Å². The van der Waals surface area contributed by atoms with Crippen molar-refractivity contribution < 1.29 is 5.11 Å². The third-order valence-electron chi connectivity index (χ3n) is 0.673. The van der Waals surface area contributed by atoms with Crippen LogP contribution in [0.15, 0.2) is 0 Å². The molecular formula is C8H7NO. The van der Waals surface area contributed by atoms with Gasteiger partial charge in [-0.15, -0.1) is 0 Å². The van der Waals surface area contributed by atoms with Gasteiger partial charge in [0, 0.05) is 0 Å². The predicted molar refractivity (Wildman–Crippen MR) is 37.5 cm³/mol. The van der Waals surface area contributed by atoms with Crippen molar-refractivity contribution >= 4 is 0 Å². The summed E-state index contributed by atoms with van der Waals surface area (Å²) in [6.07, 6.45) is 0.684. The Kier molecular flexibility index (Phi) is 6.49. The first-order valence-electron chi connectivity index (χ1n) is 2.81. The fourth-order valence-corrected chi connectivity index (χ4v) is 0.327. The summed E-state index contributed by atoms with van der Waals surface area (Å²) in [6.45, 7) is -0.125. The van der Waals surface area contributed by atoms with Crippen molar-refractivity contribution in [3.63, 3.8) is 0 Å². The molecule has 0 bridgehead atoms. The molecule has 0 unspecified atom stereocenters. The Balaban J connectivity index is 3.39. The highest BCUT2D eigenvalue weighted by molar-refractivity contribution is 5.13. The summed E-state index contributed by atoms with van der Waals surface area (Å²) in [5, 5.41) is 16.2. The van der Waals surface area contributed by atoms with E-state index < -0.39 is 0 Å². The molecule has 0 saturated heterocycles. The van der Waals surface area contributed by atoms with Gasteiger partial charge in [-0.2, -0.15) is 5.26 Å². The highest BCUT2D eigenvalue weighted by atomic mass is 16.2. The Morgan fingerprint density at radius 2 is 1.60 bits per heavy atom. The maximum atomic E-state index is 8.19. The van der Waals surface area contributed by atoms with Crippen LogP contribution in [-0.4, -0.2) is 11.7 Å². The molecule has 0 rings (SSSR count). The molecule has 0 aliphatic rings. The Morgan fingerprint density at radius 3 is 2.20 bits per heavy atom. The Hall–Kier alpha value is -1.43. The largest absolute Gasteiger partial charge is 0.384 e. The molecular weight excluding hydrogens is 126 g/mol. The number of rotatable bonds is 0. The molecule has 0 amide bonds.